The molecule has 4 nitrogen and oxygen atoms in total. The summed E-state index contributed by atoms with van der Waals surface area (Å²) >= 11 is 0. The molecule has 2 aromatic carbocycles. The molecule has 0 spiro atoms. The molecule has 0 saturated carbocycles. The molecule has 0 N–H and O–H groups in total. The molecule has 0 aliphatic heterocycles. The van der Waals surface area contributed by atoms with Gasteiger partial charge in [-0.2, -0.15) is 4.91 Å². The highest BCUT2D eigenvalue weighted by Gasteiger charge is 2.18. The van der Waals surface area contributed by atoms with E-state index < -0.39 is 0 Å². The second-order valence-corrected chi connectivity index (χ2v) is 5.46. The molecule has 0 radical (unpaired) electrons. The molecule has 0 heterocycles. The van der Waals surface area contributed by atoms with E-state index in [2.05, 4.69) is 11.3 Å². The minimum atomic E-state index is -0.347. The number of fused-ring (bicyclic) bond motifs is 1. The fraction of sp³-hybridized carbons (Fsp3) is 0.211. The normalized spacial score (nSPS) is 13.0. The number of aryl methyl sites for hydroxylation is 1. The van der Waals surface area contributed by atoms with E-state index in [9.17, 15) is 9.70 Å². The van der Waals surface area contributed by atoms with E-state index in [0.29, 0.717) is 5.56 Å². The van der Waals surface area contributed by atoms with Gasteiger partial charge in [0.2, 0.25) is 0 Å². The number of carbonyl (C=O) groups excluding carboxylic acids is 1. The maximum atomic E-state index is 11.8. The Kier molecular flexibility index (Phi) is 4.33. The van der Waals surface area contributed by atoms with Crippen molar-refractivity contribution in [3.05, 3.63) is 81.3 Å². The molecular formula is C19H17NO3. The number of rotatable bonds is 4. The third-order valence-corrected chi connectivity index (χ3v) is 4.13. The number of nitrogens with zero attached hydrogens (tertiary/aromatic N) is 1. The zero-order valence-corrected chi connectivity index (χ0v) is 12.9. The number of ether oxygens (including phenoxy) is 1. The first kappa shape index (κ1) is 15.2. The molecule has 0 unspecified atom stereocenters. The lowest BCUT2D eigenvalue weighted by atomic mass is 9.84. The first-order chi connectivity index (χ1) is 11.2. The van der Waals surface area contributed by atoms with Gasteiger partial charge in [-0.15, -0.1) is 0 Å². The molecule has 116 valence electrons. The van der Waals surface area contributed by atoms with Gasteiger partial charge < -0.3 is 4.74 Å². The Morgan fingerprint density at radius 2 is 2.00 bits per heavy atom. The average molecular weight is 307 g/mol. The standard InChI is InChI=1S/C19H17NO3/c1-23-19(21)14-10-9-13-6-4-8-17(18(13)11-14)16-7-3-2-5-15(16)12-20-22/h2-3,5,7-11H,4,6,12H2,1H3. The summed E-state index contributed by atoms with van der Waals surface area (Å²) in [5, 5.41) is 3.03. The summed E-state index contributed by atoms with van der Waals surface area (Å²) in [6.07, 6.45) is 4.03. The lowest BCUT2D eigenvalue weighted by Gasteiger charge is -2.20. The van der Waals surface area contributed by atoms with E-state index in [1.54, 1.807) is 6.07 Å². The van der Waals surface area contributed by atoms with Crippen LogP contribution >= 0.6 is 0 Å². The Hall–Kier alpha value is -2.75. The summed E-state index contributed by atoms with van der Waals surface area (Å²) in [6, 6.07) is 13.4. The van der Waals surface area contributed by atoms with Crippen LogP contribution in [-0.4, -0.2) is 13.1 Å². The van der Waals surface area contributed by atoms with E-state index >= 15 is 0 Å². The van der Waals surface area contributed by atoms with Crippen LogP contribution in [0.25, 0.3) is 5.57 Å². The topological polar surface area (TPSA) is 55.7 Å². The largest absolute Gasteiger partial charge is 0.465 e. The first-order valence-electron chi connectivity index (χ1n) is 7.53. The maximum Gasteiger partial charge on any atom is 0.337 e. The summed E-state index contributed by atoms with van der Waals surface area (Å²) in [4.78, 5) is 22.5. The van der Waals surface area contributed by atoms with Gasteiger partial charge in [0.15, 0.2) is 0 Å². The molecule has 0 bridgehead atoms. The van der Waals surface area contributed by atoms with Gasteiger partial charge in [0, 0.05) is 0 Å². The van der Waals surface area contributed by atoms with E-state index in [-0.39, 0.29) is 12.5 Å². The van der Waals surface area contributed by atoms with Gasteiger partial charge in [0.1, 0.15) is 6.54 Å². The molecule has 23 heavy (non-hydrogen) atoms. The first-order valence-corrected chi connectivity index (χ1v) is 7.53. The average Bonchev–Trinajstić information content (AvgIpc) is 2.61. The highest BCUT2D eigenvalue weighted by molar-refractivity contribution is 5.93. The Morgan fingerprint density at radius 1 is 1.17 bits per heavy atom. The van der Waals surface area contributed by atoms with E-state index in [1.165, 1.54) is 12.7 Å². The van der Waals surface area contributed by atoms with E-state index in [1.807, 2.05) is 36.4 Å². The number of carbonyl (C=O) groups is 1. The minimum Gasteiger partial charge on any atom is -0.465 e. The van der Waals surface area contributed by atoms with Crippen molar-refractivity contribution in [3.8, 4) is 0 Å². The highest BCUT2D eigenvalue weighted by atomic mass is 16.5. The van der Waals surface area contributed by atoms with Crippen molar-refractivity contribution >= 4 is 11.5 Å². The van der Waals surface area contributed by atoms with Crippen LogP contribution in [-0.2, 0) is 17.7 Å². The van der Waals surface area contributed by atoms with Crippen LogP contribution < -0.4 is 0 Å². The molecule has 1 aliphatic rings. The number of allylic oxidation sites excluding steroid dienone is 1. The van der Waals surface area contributed by atoms with Crippen LogP contribution in [0.4, 0.5) is 0 Å². The molecule has 0 saturated heterocycles. The summed E-state index contributed by atoms with van der Waals surface area (Å²) in [6.45, 7) is 0.138. The molecule has 0 amide bonds. The summed E-state index contributed by atoms with van der Waals surface area (Å²) in [5.74, 6) is -0.347. The zero-order valence-electron chi connectivity index (χ0n) is 12.9. The molecule has 0 atom stereocenters. The number of nitroso groups, excluding NO2 is 1. The zero-order chi connectivity index (χ0) is 16.2. The maximum absolute atomic E-state index is 11.8. The Morgan fingerprint density at radius 3 is 2.78 bits per heavy atom. The molecule has 3 rings (SSSR count). The van der Waals surface area contributed by atoms with Gasteiger partial charge in [-0.1, -0.05) is 41.6 Å². The quantitative estimate of drug-likeness (QED) is 0.630. The van der Waals surface area contributed by atoms with Crippen molar-refractivity contribution < 1.29 is 9.53 Å². The summed E-state index contributed by atoms with van der Waals surface area (Å²) in [7, 11) is 1.38. The number of hydrogen-bond acceptors (Lipinski definition) is 4. The number of methoxy groups -OCH3 is 1. The van der Waals surface area contributed by atoms with Gasteiger partial charge in [-0.3, -0.25) is 0 Å². The predicted molar refractivity (Wildman–Crippen MR) is 89.1 cm³/mol. The van der Waals surface area contributed by atoms with Crippen molar-refractivity contribution in [2.45, 2.75) is 19.4 Å². The van der Waals surface area contributed by atoms with Crippen molar-refractivity contribution in [1.29, 1.82) is 0 Å². The van der Waals surface area contributed by atoms with Gasteiger partial charge in [0.25, 0.3) is 0 Å². The third-order valence-electron chi connectivity index (χ3n) is 4.13. The van der Waals surface area contributed by atoms with Crippen molar-refractivity contribution in [2.24, 2.45) is 5.18 Å². The van der Waals surface area contributed by atoms with Gasteiger partial charge in [-0.25, -0.2) is 4.79 Å². The molecule has 2 aromatic rings. The molecule has 4 heteroatoms. The van der Waals surface area contributed by atoms with Crippen molar-refractivity contribution in [2.75, 3.05) is 7.11 Å². The Balaban J connectivity index is 2.12. The third kappa shape index (κ3) is 2.93. The monoisotopic (exact) mass is 307 g/mol. The highest BCUT2D eigenvalue weighted by Crippen LogP contribution is 2.34. The Labute approximate surface area is 134 Å². The SMILES string of the molecule is COC(=O)c1ccc2c(c1)C(c1ccccc1CN=O)=CCC2. The fourth-order valence-electron chi connectivity index (χ4n) is 3.02. The fourth-order valence-corrected chi connectivity index (χ4v) is 3.02. The summed E-state index contributed by atoms with van der Waals surface area (Å²) in [5.41, 5.74) is 5.70. The predicted octanol–water partition coefficient (Wildman–Crippen LogP) is 4.12. The van der Waals surface area contributed by atoms with Crippen LogP contribution in [0.15, 0.2) is 53.7 Å². The summed E-state index contributed by atoms with van der Waals surface area (Å²) < 4.78 is 4.82. The van der Waals surface area contributed by atoms with Crippen LogP contribution in [0.5, 0.6) is 0 Å². The smallest absolute Gasteiger partial charge is 0.337 e. The van der Waals surface area contributed by atoms with Crippen molar-refractivity contribution in [3.63, 3.8) is 0 Å². The van der Waals surface area contributed by atoms with Crippen molar-refractivity contribution in [1.82, 2.24) is 0 Å². The van der Waals surface area contributed by atoms with E-state index in [0.717, 1.165) is 35.1 Å². The number of hydrogen-bond donors (Lipinski definition) is 0. The van der Waals surface area contributed by atoms with Crippen LogP contribution in [0.2, 0.25) is 0 Å². The van der Waals surface area contributed by atoms with Gasteiger partial charge in [0.05, 0.1) is 12.7 Å². The number of esters is 1. The lowest BCUT2D eigenvalue weighted by molar-refractivity contribution is 0.0600. The molecule has 0 fully saturated rings. The molecule has 0 aromatic heterocycles. The number of benzene rings is 2. The second-order valence-electron chi connectivity index (χ2n) is 5.46. The lowest BCUT2D eigenvalue weighted by Crippen LogP contribution is -2.07. The van der Waals surface area contributed by atoms with Crippen LogP contribution in [0.1, 0.15) is 39.0 Å². The minimum absolute atomic E-state index is 0.138. The van der Waals surface area contributed by atoms with Crippen LogP contribution in [0, 0.1) is 4.91 Å². The van der Waals surface area contributed by atoms with Gasteiger partial charge in [-0.05, 0) is 52.8 Å². The van der Waals surface area contributed by atoms with Gasteiger partial charge >= 0.3 is 5.97 Å². The molecular weight excluding hydrogens is 290 g/mol. The van der Waals surface area contributed by atoms with E-state index in [4.69, 9.17) is 4.74 Å². The molecule has 1 aliphatic carbocycles. The van der Waals surface area contributed by atoms with Crippen LogP contribution in [0.3, 0.4) is 0 Å². The Bertz CT molecular complexity index is 793. The second kappa shape index (κ2) is 6.57.